The van der Waals surface area contributed by atoms with Crippen LogP contribution in [-0.2, 0) is 24.6 Å². The summed E-state index contributed by atoms with van der Waals surface area (Å²) in [6.07, 6.45) is -3.96. The van der Waals surface area contributed by atoms with Gasteiger partial charge in [-0.2, -0.15) is 23.3 Å². The number of nitrogens with zero attached hydrogens (tertiary/aromatic N) is 4. The fourth-order valence-electron chi connectivity index (χ4n) is 1.89. The zero-order valence-corrected chi connectivity index (χ0v) is 13.8. The van der Waals surface area contributed by atoms with Gasteiger partial charge in [-0.3, -0.25) is 4.68 Å². The van der Waals surface area contributed by atoms with Crippen molar-refractivity contribution >= 4 is 0 Å². The van der Waals surface area contributed by atoms with Crippen LogP contribution in [0.1, 0.15) is 44.3 Å². The molecule has 24 heavy (non-hydrogen) atoms. The molecule has 0 N–H and O–H groups in total. The zero-order valence-electron chi connectivity index (χ0n) is 13.8. The van der Waals surface area contributed by atoms with Crippen LogP contribution in [0, 0.1) is 5.92 Å². The third kappa shape index (κ3) is 4.47. The highest BCUT2D eigenvalue weighted by molar-refractivity contribution is 5.27. The summed E-state index contributed by atoms with van der Waals surface area (Å²) in [5, 5.41) is 7.30. The van der Waals surface area contributed by atoms with E-state index >= 15 is 0 Å². The summed E-state index contributed by atoms with van der Waals surface area (Å²) in [7, 11) is 1.19. The van der Waals surface area contributed by atoms with Crippen molar-refractivity contribution in [1.29, 1.82) is 0 Å². The highest BCUT2D eigenvalue weighted by atomic mass is 19.4. The molecule has 0 amide bonds. The van der Waals surface area contributed by atoms with Crippen LogP contribution < -0.4 is 4.74 Å². The van der Waals surface area contributed by atoms with Gasteiger partial charge in [0.15, 0.2) is 23.9 Å². The van der Waals surface area contributed by atoms with Crippen LogP contribution in [0.25, 0.3) is 0 Å². The number of rotatable bonds is 7. The predicted octanol–water partition coefficient (Wildman–Crippen LogP) is 3.13. The predicted molar refractivity (Wildman–Crippen MR) is 76.0 cm³/mol. The van der Waals surface area contributed by atoms with Crippen LogP contribution in [-0.4, -0.2) is 26.5 Å². The molecule has 0 aliphatic rings. The van der Waals surface area contributed by atoms with E-state index in [2.05, 4.69) is 15.2 Å². The third-order valence-electron chi connectivity index (χ3n) is 3.05. The van der Waals surface area contributed by atoms with Gasteiger partial charge in [0.2, 0.25) is 0 Å². The van der Waals surface area contributed by atoms with Crippen LogP contribution in [0.5, 0.6) is 5.75 Å². The van der Waals surface area contributed by atoms with Crippen LogP contribution in [0.4, 0.5) is 13.2 Å². The smallest absolute Gasteiger partial charge is 0.436 e. The molecule has 2 aromatic heterocycles. The molecule has 0 aromatic carbocycles. The fourth-order valence-corrected chi connectivity index (χ4v) is 1.89. The second kappa shape index (κ2) is 7.20. The molecule has 0 bridgehead atoms. The van der Waals surface area contributed by atoms with E-state index in [4.69, 9.17) is 14.0 Å². The average Bonchev–Trinajstić information content (AvgIpc) is 3.08. The van der Waals surface area contributed by atoms with Gasteiger partial charge in [-0.15, -0.1) is 0 Å². The molecule has 1 unspecified atom stereocenters. The van der Waals surface area contributed by atoms with E-state index in [0.29, 0.717) is 23.0 Å². The van der Waals surface area contributed by atoms with E-state index in [-0.39, 0.29) is 18.6 Å². The lowest BCUT2D eigenvalue weighted by molar-refractivity contribution is -0.145. The van der Waals surface area contributed by atoms with Crippen molar-refractivity contribution in [2.75, 3.05) is 6.61 Å². The van der Waals surface area contributed by atoms with E-state index in [9.17, 15) is 13.2 Å². The molecule has 0 aliphatic heterocycles. The molecule has 134 valence electrons. The van der Waals surface area contributed by atoms with Crippen molar-refractivity contribution in [3.05, 3.63) is 23.6 Å². The monoisotopic (exact) mass is 348 g/mol. The molecule has 2 heterocycles. The minimum Gasteiger partial charge on any atom is -0.480 e. The lowest BCUT2D eigenvalue weighted by atomic mass is 10.2. The molecule has 1 atom stereocenters. The number of aryl methyl sites for hydroxylation is 1. The molecular formula is C14H19F3N4O3. The second-order valence-electron chi connectivity index (χ2n) is 5.68. The van der Waals surface area contributed by atoms with Gasteiger partial charge in [-0.1, -0.05) is 19.0 Å². The van der Waals surface area contributed by atoms with Crippen LogP contribution in [0.15, 0.2) is 10.7 Å². The number of aromatic nitrogens is 4. The van der Waals surface area contributed by atoms with Crippen LogP contribution in [0.3, 0.4) is 0 Å². The fraction of sp³-hybridized carbons (Fsp3) is 0.643. The van der Waals surface area contributed by atoms with E-state index in [1.807, 2.05) is 13.8 Å². The molecule has 0 aliphatic carbocycles. The van der Waals surface area contributed by atoms with Crippen molar-refractivity contribution < 1.29 is 27.2 Å². The Morgan fingerprint density at radius 2 is 2.00 bits per heavy atom. The Morgan fingerprint density at radius 1 is 1.29 bits per heavy atom. The van der Waals surface area contributed by atoms with Crippen LogP contribution >= 0.6 is 0 Å². The number of halogens is 3. The van der Waals surface area contributed by atoms with Gasteiger partial charge in [0.1, 0.15) is 6.10 Å². The summed E-state index contributed by atoms with van der Waals surface area (Å²) < 4.78 is 55.1. The van der Waals surface area contributed by atoms with Crippen molar-refractivity contribution in [1.82, 2.24) is 19.9 Å². The van der Waals surface area contributed by atoms with Gasteiger partial charge in [0, 0.05) is 13.7 Å². The molecule has 2 aromatic rings. The summed E-state index contributed by atoms with van der Waals surface area (Å²) >= 11 is 0. The van der Waals surface area contributed by atoms with E-state index in [1.54, 1.807) is 6.92 Å². The second-order valence-corrected chi connectivity index (χ2v) is 5.68. The third-order valence-corrected chi connectivity index (χ3v) is 3.05. The highest BCUT2D eigenvalue weighted by Gasteiger charge is 2.38. The molecule has 0 saturated heterocycles. The summed E-state index contributed by atoms with van der Waals surface area (Å²) in [6, 6.07) is 0. The van der Waals surface area contributed by atoms with Crippen molar-refractivity contribution in [2.45, 2.75) is 39.7 Å². The summed E-state index contributed by atoms with van der Waals surface area (Å²) in [5.41, 5.74) is -0.976. The first-order valence-corrected chi connectivity index (χ1v) is 7.34. The lowest BCUT2D eigenvalue weighted by Crippen LogP contribution is -2.13. The highest BCUT2D eigenvalue weighted by Crippen LogP contribution is 2.35. The Bertz CT molecular complexity index is 667. The molecule has 0 fully saturated rings. The van der Waals surface area contributed by atoms with Crippen molar-refractivity contribution in [3.8, 4) is 5.75 Å². The van der Waals surface area contributed by atoms with E-state index < -0.39 is 17.6 Å². The normalized spacial score (nSPS) is 13.5. The number of hydrogen-bond donors (Lipinski definition) is 0. The number of hydrogen-bond acceptors (Lipinski definition) is 6. The Balaban J connectivity index is 1.99. The summed E-state index contributed by atoms with van der Waals surface area (Å²) in [4.78, 5) is 4.07. The Morgan fingerprint density at radius 3 is 2.62 bits per heavy atom. The van der Waals surface area contributed by atoms with Crippen LogP contribution in [0.2, 0.25) is 0 Å². The van der Waals surface area contributed by atoms with Gasteiger partial charge in [-0.25, -0.2) is 0 Å². The minimum atomic E-state index is -4.57. The molecule has 0 spiro atoms. The SMILES string of the molecule is CC(C)COC(C)c1noc(COc2cnn(C)c2C(F)(F)F)n1. The van der Waals surface area contributed by atoms with Gasteiger partial charge >= 0.3 is 6.18 Å². The minimum absolute atomic E-state index is 0.0574. The Labute approximate surface area is 136 Å². The first kappa shape index (κ1) is 18.2. The average molecular weight is 348 g/mol. The molecule has 0 saturated carbocycles. The first-order chi connectivity index (χ1) is 11.2. The Hall–Kier alpha value is -2.10. The lowest BCUT2D eigenvalue weighted by Gasteiger charge is -2.10. The standard InChI is InChI=1S/C14H19F3N4O3/c1-8(2)6-22-9(3)13-19-11(24-20-13)7-23-10-5-18-21(4)12(10)14(15,16)17/h5,8-9H,6-7H2,1-4H3. The zero-order chi connectivity index (χ0) is 17.9. The number of ether oxygens (including phenoxy) is 2. The van der Waals surface area contributed by atoms with Gasteiger partial charge in [-0.05, 0) is 12.8 Å². The largest absolute Gasteiger partial charge is 0.480 e. The maximum absolute atomic E-state index is 12.9. The van der Waals surface area contributed by atoms with E-state index in [0.717, 1.165) is 6.20 Å². The summed E-state index contributed by atoms with van der Waals surface area (Å²) in [5.74, 6) is 0.334. The molecule has 0 radical (unpaired) electrons. The van der Waals surface area contributed by atoms with Crippen molar-refractivity contribution in [3.63, 3.8) is 0 Å². The van der Waals surface area contributed by atoms with Gasteiger partial charge in [0.25, 0.3) is 5.89 Å². The molecular weight excluding hydrogens is 329 g/mol. The molecule has 7 nitrogen and oxygen atoms in total. The quantitative estimate of drug-likeness (QED) is 0.765. The summed E-state index contributed by atoms with van der Waals surface area (Å²) in [6.45, 7) is 6.02. The maximum atomic E-state index is 12.9. The van der Waals surface area contributed by atoms with E-state index in [1.165, 1.54) is 7.05 Å². The maximum Gasteiger partial charge on any atom is 0.436 e. The number of alkyl halides is 3. The molecule has 2 rings (SSSR count). The van der Waals surface area contributed by atoms with Crippen molar-refractivity contribution in [2.24, 2.45) is 13.0 Å². The van der Waals surface area contributed by atoms with Gasteiger partial charge < -0.3 is 14.0 Å². The Kier molecular flexibility index (Phi) is 5.47. The van der Waals surface area contributed by atoms with Gasteiger partial charge in [0.05, 0.1) is 6.20 Å². The first-order valence-electron chi connectivity index (χ1n) is 7.34. The topological polar surface area (TPSA) is 75.2 Å². The molecule has 10 heteroatoms.